The maximum atomic E-state index is 4.95. The summed E-state index contributed by atoms with van der Waals surface area (Å²) in [6, 6.07) is 8.95. The molecule has 4 aromatic rings. The van der Waals surface area contributed by atoms with Crippen LogP contribution >= 0.6 is 0 Å². The Kier molecular flexibility index (Phi) is 10.2. The number of fused-ring (bicyclic) bond motifs is 1. The molecule has 228 valence electrons. The van der Waals surface area contributed by atoms with E-state index >= 15 is 0 Å². The Hall–Kier alpha value is -3.90. The third kappa shape index (κ3) is 8.14. The number of para-hydroxylation sites is 1. The van der Waals surface area contributed by atoms with Gasteiger partial charge in [-0.15, -0.1) is 5.10 Å². The largest absolute Gasteiger partial charge is 0.365 e. The van der Waals surface area contributed by atoms with E-state index in [9.17, 15) is 0 Å². The van der Waals surface area contributed by atoms with Crippen molar-refractivity contribution in [3.8, 4) is 0 Å². The van der Waals surface area contributed by atoms with E-state index in [-0.39, 0.29) is 0 Å². The van der Waals surface area contributed by atoms with Gasteiger partial charge >= 0.3 is 0 Å². The molecular weight excluding hydrogens is 540 g/mol. The Morgan fingerprint density at radius 3 is 2.49 bits per heavy atom. The topological polar surface area (TPSA) is 125 Å². The number of anilines is 3. The van der Waals surface area contributed by atoms with Gasteiger partial charge in [0.05, 0.1) is 36.3 Å². The molecule has 1 saturated heterocycles. The molecule has 6 rings (SSSR count). The molecule has 1 aliphatic heterocycles. The highest BCUT2D eigenvalue weighted by Crippen LogP contribution is 2.27. The van der Waals surface area contributed by atoms with Gasteiger partial charge in [0, 0.05) is 44.2 Å². The highest BCUT2D eigenvalue weighted by Gasteiger charge is 2.21. The lowest BCUT2D eigenvalue weighted by atomic mass is 9.95. The van der Waals surface area contributed by atoms with Gasteiger partial charge in [0.15, 0.2) is 0 Å². The van der Waals surface area contributed by atoms with Crippen molar-refractivity contribution in [1.29, 1.82) is 0 Å². The lowest BCUT2D eigenvalue weighted by Gasteiger charge is -2.36. The van der Waals surface area contributed by atoms with Gasteiger partial charge in [0.2, 0.25) is 5.95 Å². The predicted molar refractivity (Wildman–Crippen MR) is 170 cm³/mol. The van der Waals surface area contributed by atoms with Crippen molar-refractivity contribution in [2.45, 2.75) is 64.1 Å². The quantitative estimate of drug-likeness (QED) is 0.189. The average molecular weight is 585 g/mol. The molecule has 2 fully saturated rings. The van der Waals surface area contributed by atoms with Gasteiger partial charge in [-0.2, -0.15) is 4.98 Å². The van der Waals surface area contributed by atoms with Crippen molar-refractivity contribution < 1.29 is 0 Å². The van der Waals surface area contributed by atoms with Crippen LogP contribution < -0.4 is 25.8 Å². The monoisotopic (exact) mass is 584 g/mol. The molecule has 4 heterocycles. The molecule has 0 amide bonds. The molecule has 43 heavy (non-hydrogen) atoms. The first-order chi connectivity index (χ1) is 21.3. The van der Waals surface area contributed by atoms with E-state index in [2.05, 4.69) is 52.1 Å². The summed E-state index contributed by atoms with van der Waals surface area (Å²) in [5.41, 5.74) is 2.85. The fraction of sp³-hybridized carbons (Fsp3) is 0.548. The lowest BCUT2D eigenvalue weighted by Crippen LogP contribution is -2.47. The van der Waals surface area contributed by atoms with Gasteiger partial charge in [0.25, 0.3) is 0 Å². The second-order valence-electron chi connectivity index (χ2n) is 11.5. The van der Waals surface area contributed by atoms with Crippen molar-refractivity contribution >= 4 is 28.4 Å². The van der Waals surface area contributed by atoms with Crippen LogP contribution in [-0.2, 0) is 13.1 Å². The number of hydrogen-bond acceptors (Lipinski definition) is 11. The molecule has 0 atom stereocenters. The number of nitrogens with one attached hydrogen (secondary N) is 3. The summed E-state index contributed by atoms with van der Waals surface area (Å²) in [4.78, 5) is 22.7. The standard InChI is InChI=1S/C31H44N12/c1-2-8-25(9-3-1)35-14-6-12-32-13-7-15-43-23-26(39-40-43)20-36-31-37-29-11-5-4-10-28(29)30(38-31)42-18-16-41(17-19-42)27-21-33-24-34-22-27/h4-5,10-11,21-25,32,35H,1-3,6-9,12-20H2,(H,36,37,38). The smallest absolute Gasteiger partial charge is 0.225 e. The maximum absolute atomic E-state index is 4.95. The van der Waals surface area contributed by atoms with Crippen molar-refractivity contribution in [3.05, 3.63) is 54.9 Å². The molecule has 3 aromatic heterocycles. The Balaban J connectivity index is 0.955. The number of aromatic nitrogens is 7. The molecule has 0 bridgehead atoms. The number of aryl methyl sites for hydroxylation is 1. The van der Waals surface area contributed by atoms with Crippen LogP contribution in [0.2, 0.25) is 0 Å². The van der Waals surface area contributed by atoms with Gasteiger partial charge in [-0.1, -0.05) is 36.6 Å². The Morgan fingerprint density at radius 1 is 0.837 bits per heavy atom. The van der Waals surface area contributed by atoms with E-state index < -0.39 is 0 Å². The molecule has 0 radical (unpaired) electrons. The minimum absolute atomic E-state index is 0.520. The fourth-order valence-corrected chi connectivity index (χ4v) is 6.03. The zero-order chi connectivity index (χ0) is 29.1. The number of nitrogens with zero attached hydrogens (tertiary/aromatic N) is 9. The SMILES string of the molecule is c1ccc2c(N3CCN(c4cncnc4)CC3)nc(NCc3cn(CCCNCCCNC4CCCCC4)nn3)nc2c1. The molecular formula is C31H44N12. The highest BCUT2D eigenvalue weighted by molar-refractivity contribution is 5.90. The average Bonchev–Trinajstić information content (AvgIpc) is 3.53. The van der Waals surface area contributed by atoms with Crippen LogP contribution in [-0.4, -0.2) is 86.8 Å². The summed E-state index contributed by atoms with van der Waals surface area (Å²) in [5.74, 6) is 1.56. The van der Waals surface area contributed by atoms with Crippen LogP contribution in [0.25, 0.3) is 10.9 Å². The minimum Gasteiger partial charge on any atom is -0.365 e. The van der Waals surface area contributed by atoms with Gasteiger partial charge in [-0.3, -0.25) is 4.68 Å². The summed E-state index contributed by atoms with van der Waals surface area (Å²) in [6.07, 6.45) is 16.4. The molecule has 1 aliphatic carbocycles. The molecule has 2 aliphatic rings. The van der Waals surface area contributed by atoms with Crippen LogP contribution in [0, 0.1) is 0 Å². The second-order valence-corrected chi connectivity index (χ2v) is 11.5. The van der Waals surface area contributed by atoms with Gasteiger partial charge < -0.3 is 25.8 Å². The maximum Gasteiger partial charge on any atom is 0.225 e. The first-order valence-corrected chi connectivity index (χ1v) is 15.9. The number of piperazine rings is 1. The lowest BCUT2D eigenvalue weighted by molar-refractivity contribution is 0.371. The van der Waals surface area contributed by atoms with E-state index in [4.69, 9.17) is 9.97 Å². The summed E-state index contributed by atoms with van der Waals surface area (Å²) in [7, 11) is 0. The molecule has 1 aromatic carbocycles. The fourth-order valence-electron chi connectivity index (χ4n) is 6.03. The van der Waals surface area contributed by atoms with Gasteiger partial charge in [0.1, 0.15) is 17.8 Å². The first kappa shape index (κ1) is 29.2. The minimum atomic E-state index is 0.520. The van der Waals surface area contributed by atoms with Crippen LogP contribution in [0.4, 0.5) is 17.5 Å². The van der Waals surface area contributed by atoms with E-state index in [0.29, 0.717) is 12.5 Å². The van der Waals surface area contributed by atoms with Crippen LogP contribution in [0.3, 0.4) is 0 Å². The van der Waals surface area contributed by atoms with Crippen LogP contribution in [0.1, 0.15) is 50.6 Å². The normalized spacial score (nSPS) is 16.2. The summed E-state index contributed by atoms with van der Waals surface area (Å²) >= 11 is 0. The van der Waals surface area contributed by atoms with Crippen molar-refractivity contribution in [2.24, 2.45) is 0 Å². The van der Waals surface area contributed by atoms with E-state index in [0.717, 1.165) is 92.9 Å². The van der Waals surface area contributed by atoms with E-state index in [1.807, 2.05) is 41.5 Å². The Morgan fingerprint density at radius 2 is 1.63 bits per heavy atom. The molecule has 0 unspecified atom stereocenters. The predicted octanol–water partition coefficient (Wildman–Crippen LogP) is 3.24. The second kappa shape index (κ2) is 15.0. The first-order valence-electron chi connectivity index (χ1n) is 15.9. The summed E-state index contributed by atoms with van der Waals surface area (Å²) in [5, 5.41) is 20.4. The van der Waals surface area contributed by atoms with E-state index in [1.54, 1.807) is 6.33 Å². The van der Waals surface area contributed by atoms with Gasteiger partial charge in [-0.25, -0.2) is 15.0 Å². The van der Waals surface area contributed by atoms with Crippen LogP contribution in [0.15, 0.2) is 49.2 Å². The van der Waals surface area contributed by atoms with Crippen molar-refractivity contribution in [1.82, 2.24) is 45.6 Å². The Bertz CT molecular complexity index is 1400. The van der Waals surface area contributed by atoms with E-state index in [1.165, 1.54) is 38.5 Å². The van der Waals surface area contributed by atoms with Crippen molar-refractivity contribution in [3.63, 3.8) is 0 Å². The number of hydrogen-bond donors (Lipinski definition) is 3. The summed E-state index contributed by atoms with van der Waals surface area (Å²) in [6.45, 7) is 7.99. The number of benzene rings is 1. The molecule has 12 heteroatoms. The zero-order valence-corrected chi connectivity index (χ0v) is 25.0. The van der Waals surface area contributed by atoms with Crippen LogP contribution in [0.5, 0.6) is 0 Å². The number of rotatable bonds is 14. The third-order valence-corrected chi connectivity index (χ3v) is 8.40. The Labute approximate surface area is 253 Å². The van der Waals surface area contributed by atoms with Crippen molar-refractivity contribution in [2.75, 3.05) is 60.9 Å². The van der Waals surface area contributed by atoms with Gasteiger partial charge in [-0.05, 0) is 57.5 Å². The zero-order valence-electron chi connectivity index (χ0n) is 25.0. The summed E-state index contributed by atoms with van der Waals surface area (Å²) < 4.78 is 1.92. The third-order valence-electron chi connectivity index (χ3n) is 8.40. The highest BCUT2D eigenvalue weighted by atomic mass is 15.4. The molecule has 1 saturated carbocycles. The molecule has 12 nitrogen and oxygen atoms in total. The molecule has 3 N–H and O–H groups in total. The molecule has 0 spiro atoms.